The van der Waals surface area contributed by atoms with Gasteiger partial charge in [0.1, 0.15) is 17.8 Å². The molecular formula is C25H29N5O3S. The SMILES string of the molecule is NC(=O)C(CC1CCCc2scnc21)NC(=O)[C@H](CC1CC1)NC(=O)c1cc2ccccc2[nH]1. The number of amides is 3. The van der Waals surface area contributed by atoms with E-state index in [0.29, 0.717) is 24.5 Å². The molecular weight excluding hydrogens is 450 g/mol. The van der Waals surface area contributed by atoms with Crippen molar-refractivity contribution in [2.24, 2.45) is 11.7 Å². The van der Waals surface area contributed by atoms with Crippen molar-refractivity contribution in [2.75, 3.05) is 0 Å². The molecule has 2 aromatic heterocycles. The zero-order chi connectivity index (χ0) is 23.7. The Balaban J connectivity index is 1.28. The van der Waals surface area contributed by atoms with Gasteiger partial charge in [-0.25, -0.2) is 4.98 Å². The van der Waals surface area contributed by atoms with E-state index in [9.17, 15) is 14.4 Å². The van der Waals surface area contributed by atoms with Crippen LogP contribution in [0.1, 0.15) is 65.5 Å². The third-order valence-corrected chi connectivity index (χ3v) is 7.77. The van der Waals surface area contributed by atoms with Gasteiger partial charge in [0.2, 0.25) is 11.8 Å². The quantitative estimate of drug-likeness (QED) is 0.376. The van der Waals surface area contributed by atoms with Gasteiger partial charge in [0.15, 0.2) is 0 Å². The molecule has 3 atom stereocenters. The Morgan fingerprint density at radius 3 is 2.71 bits per heavy atom. The van der Waals surface area contributed by atoms with Crippen LogP contribution in [0.5, 0.6) is 0 Å². The van der Waals surface area contributed by atoms with E-state index in [1.54, 1.807) is 17.4 Å². The van der Waals surface area contributed by atoms with Crippen LogP contribution in [0.2, 0.25) is 0 Å². The first-order valence-corrected chi connectivity index (χ1v) is 12.8. The van der Waals surface area contributed by atoms with E-state index in [4.69, 9.17) is 5.73 Å². The molecule has 3 aromatic rings. The molecule has 5 N–H and O–H groups in total. The van der Waals surface area contributed by atoms with Crippen molar-refractivity contribution < 1.29 is 14.4 Å². The summed E-state index contributed by atoms with van der Waals surface area (Å²) in [7, 11) is 0. The summed E-state index contributed by atoms with van der Waals surface area (Å²) in [5, 5.41) is 6.65. The first-order valence-electron chi connectivity index (χ1n) is 11.9. The van der Waals surface area contributed by atoms with Crippen LogP contribution in [0.15, 0.2) is 35.8 Å². The number of aromatic amines is 1. The number of nitrogens with one attached hydrogen (secondary N) is 3. The Morgan fingerprint density at radius 2 is 1.94 bits per heavy atom. The lowest BCUT2D eigenvalue weighted by molar-refractivity contribution is -0.128. The maximum atomic E-state index is 13.2. The third-order valence-electron chi connectivity index (χ3n) is 6.86. The van der Waals surface area contributed by atoms with Gasteiger partial charge < -0.3 is 21.4 Å². The lowest BCUT2D eigenvalue weighted by Gasteiger charge is -2.26. The number of H-pyrrole nitrogens is 1. The van der Waals surface area contributed by atoms with Crippen LogP contribution in [0.3, 0.4) is 0 Å². The number of carbonyl (C=O) groups excluding carboxylic acids is 3. The van der Waals surface area contributed by atoms with E-state index in [-0.39, 0.29) is 17.7 Å². The second-order valence-corrected chi connectivity index (χ2v) is 10.4. The molecule has 2 heterocycles. The highest BCUT2D eigenvalue weighted by Gasteiger charge is 2.34. The minimum Gasteiger partial charge on any atom is -0.368 e. The second kappa shape index (κ2) is 9.58. The Hall–Kier alpha value is -3.20. The van der Waals surface area contributed by atoms with E-state index >= 15 is 0 Å². The lowest BCUT2D eigenvalue weighted by atomic mass is 9.86. The summed E-state index contributed by atoms with van der Waals surface area (Å²) < 4.78 is 0. The monoisotopic (exact) mass is 479 g/mol. The van der Waals surface area contributed by atoms with Crippen LogP contribution in [-0.2, 0) is 16.0 Å². The maximum Gasteiger partial charge on any atom is 0.268 e. The van der Waals surface area contributed by atoms with E-state index in [0.717, 1.165) is 48.7 Å². The average Bonchev–Trinajstić information content (AvgIpc) is 3.32. The standard InChI is InChI=1S/C25H29N5O3S/c26-23(31)18(12-16-5-3-7-21-22(16)27-13-34-21)29-24(32)19(10-14-8-9-14)30-25(33)20-11-15-4-1-2-6-17(15)28-20/h1-2,4,6,11,13-14,16,18-19,28H,3,5,7-10,12H2,(H2,26,31)(H,29,32)(H,30,33)/t16?,18?,19-/m0/s1. The minimum atomic E-state index is -0.808. The second-order valence-electron chi connectivity index (χ2n) is 9.42. The van der Waals surface area contributed by atoms with Crippen molar-refractivity contribution in [3.63, 3.8) is 0 Å². The van der Waals surface area contributed by atoms with E-state index in [2.05, 4.69) is 20.6 Å². The zero-order valence-electron chi connectivity index (χ0n) is 18.9. The Labute approximate surface area is 201 Å². The Morgan fingerprint density at radius 1 is 1.12 bits per heavy atom. The van der Waals surface area contributed by atoms with Crippen LogP contribution < -0.4 is 16.4 Å². The molecule has 0 aliphatic heterocycles. The molecule has 2 aliphatic rings. The largest absolute Gasteiger partial charge is 0.368 e. The average molecular weight is 480 g/mol. The molecule has 1 fully saturated rings. The fourth-order valence-corrected chi connectivity index (χ4v) is 5.72. The number of primary amides is 1. The predicted molar refractivity (Wildman–Crippen MR) is 130 cm³/mol. The molecule has 34 heavy (non-hydrogen) atoms. The molecule has 0 radical (unpaired) electrons. The lowest BCUT2D eigenvalue weighted by Crippen LogP contribution is -2.53. The first-order chi connectivity index (χ1) is 16.5. The van der Waals surface area contributed by atoms with Crippen LogP contribution in [-0.4, -0.2) is 39.8 Å². The van der Waals surface area contributed by atoms with Gasteiger partial charge in [-0.05, 0) is 50.2 Å². The van der Waals surface area contributed by atoms with Gasteiger partial charge in [-0.2, -0.15) is 0 Å². The summed E-state index contributed by atoms with van der Waals surface area (Å²) >= 11 is 1.64. The highest BCUT2D eigenvalue weighted by Crippen LogP contribution is 2.36. The summed E-state index contributed by atoms with van der Waals surface area (Å²) in [4.78, 5) is 47.3. The number of carbonyl (C=O) groups is 3. The number of aromatic nitrogens is 2. The zero-order valence-corrected chi connectivity index (χ0v) is 19.7. The van der Waals surface area contributed by atoms with Gasteiger partial charge in [0.05, 0.1) is 11.2 Å². The maximum absolute atomic E-state index is 13.2. The predicted octanol–water partition coefficient (Wildman–Crippen LogP) is 3.00. The van der Waals surface area contributed by atoms with Crippen LogP contribution in [0.4, 0.5) is 0 Å². The molecule has 0 bridgehead atoms. The molecule has 9 heteroatoms. The normalized spacial score (nSPS) is 19.2. The van der Waals surface area contributed by atoms with Gasteiger partial charge in [-0.15, -0.1) is 11.3 Å². The van der Waals surface area contributed by atoms with Crippen molar-refractivity contribution >= 4 is 40.0 Å². The fourth-order valence-electron chi connectivity index (χ4n) is 4.83. The van der Waals surface area contributed by atoms with Crippen LogP contribution >= 0.6 is 11.3 Å². The Bertz CT molecular complexity index is 1180. The molecule has 178 valence electrons. The summed E-state index contributed by atoms with van der Waals surface area (Å²) in [6.07, 6.45) is 6.00. The number of fused-ring (bicyclic) bond motifs is 2. The topological polar surface area (TPSA) is 130 Å². The number of rotatable bonds is 9. The molecule has 0 saturated heterocycles. The van der Waals surface area contributed by atoms with Gasteiger partial charge in [-0.3, -0.25) is 14.4 Å². The van der Waals surface area contributed by atoms with Gasteiger partial charge in [0.25, 0.3) is 5.91 Å². The number of thiazole rings is 1. The number of hydrogen-bond acceptors (Lipinski definition) is 5. The van der Waals surface area contributed by atoms with Crippen molar-refractivity contribution in [3.05, 3.63) is 52.1 Å². The number of hydrogen-bond donors (Lipinski definition) is 4. The van der Waals surface area contributed by atoms with Gasteiger partial charge in [-0.1, -0.05) is 31.0 Å². The molecule has 5 rings (SSSR count). The summed E-state index contributed by atoms with van der Waals surface area (Å²) in [5.41, 5.74) is 9.81. The van der Waals surface area contributed by atoms with Crippen molar-refractivity contribution in [2.45, 2.75) is 62.9 Å². The van der Waals surface area contributed by atoms with E-state index < -0.39 is 18.0 Å². The molecule has 2 aliphatic carbocycles. The van der Waals surface area contributed by atoms with Crippen molar-refractivity contribution in [3.8, 4) is 0 Å². The molecule has 1 aromatic carbocycles. The van der Waals surface area contributed by atoms with Crippen LogP contribution in [0, 0.1) is 5.92 Å². The smallest absolute Gasteiger partial charge is 0.268 e. The molecule has 0 spiro atoms. The molecule has 2 unspecified atom stereocenters. The van der Waals surface area contributed by atoms with E-state index in [1.807, 2.05) is 29.8 Å². The number of nitrogens with zero attached hydrogens (tertiary/aromatic N) is 1. The van der Waals surface area contributed by atoms with E-state index in [1.165, 1.54) is 4.88 Å². The number of aryl methyl sites for hydroxylation is 1. The minimum absolute atomic E-state index is 0.0932. The van der Waals surface area contributed by atoms with Crippen molar-refractivity contribution in [1.29, 1.82) is 0 Å². The van der Waals surface area contributed by atoms with Crippen LogP contribution in [0.25, 0.3) is 10.9 Å². The fraction of sp³-hybridized carbons (Fsp3) is 0.440. The number of nitrogens with two attached hydrogens (primary N) is 1. The highest BCUT2D eigenvalue weighted by molar-refractivity contribution is 7.09. The van der Waals surface area contributed by atoms with Gasteiger partial charge in [0, 0.05) is 21.7 Å². The Kier molecular flexibility index (Phi) is 6.36. The van der Waals surface area contributed by atoms with Gasteiger partial charge >= 0.3 is 0 Å². The molecule has 8 nitrogen and oxygen atoms in total. The molecule has 3 amide bonds. The summed E-state index contributed by atoms with van der Waals surface area (Å²) in [5.74, 6) is -0.776. The number of para-hydroxylation sites is 1. The molecule has 1 saturated carbocycles. The highest BCUT2D eigenvalue weighted by atomic mass is 32.1. The summed E-state index contributed by atoms with van der Waals surface area (Å²) in [6, 6.07) is 7.87. The number of benzene rings is 1. The third kappa shape index (κ3) is 4.99. The van der Waals surface area contributed by atoms with Crippen molar-refractivity contribution in [1.82, 2.24) is 20.6 Å². The first kappa shape index (κ1) is 22.6. The summed E-state index contributed by atoms with van der Waals surface area (Å²) in [6.45, 7) is 0.